The number of nitrogens with one attached hydrogen (secondary N) is 1. The van der Waals surface area contributed by atoms with Crippen molar-refractivity contribution in [2.75, 3.05) is 20.1 Å². The molecule has 1 unspecified atom stereocenters. The SMILES string of the molecule is CCCNC(CCN(C)C1CC1)(C(N)=O)c1ccccc1. The molecular weight excluding hydrogens is 262 g/mol. The van der Waals surface area contributed by atoms with Crippen molar-refractivity contribution in [1.82, 2.24) is 10.2 Å². The van der Waals surface area contributed by atoms with Crippen LogP contribution in [0.25, 0.3) is 0 Å². The van der Waals surface area contributed by atoms with Gasteiger partial charge in [0.25, 0.3) is 0 Å². The summed E-state index contributed by atoms with van der Waals surface area (Å²) in [6.07, 6.45) is 4.22. The number of nitrogens with zero attached hydrogens (tertiary/aromatic N) is 1. The Labute approximate surface area is 127 Å². The van der Waals surface area contributed by atoms with E-state index >= 15 is 0 Å². The molecule has 116 valence electrons. The summed E-state index contributed by atoms with van der Waals surface area (Å²) in [5.74, 6) is -0.286. The van der Waals surface area contributed by atoms with E-state index in [0.717, 1.165) is 25.1 Å². The number of rotatable bonds is 9. The number of primary amides is 1. The number of amides is 1. The van der Waals surface area contributed by atoms with Crippen LogP contribution in [0.2, 0.25) is 0 Å². The quantitative estimate of drug-likeness (QED) is 0.729. The predicted octanol–water partition coefficient (Wildman–Crippen LogP) is 1.85. The normalized spacial score (nSPS) is 17.7. The Morgan fingerprint density at radius 3 is 2.57 bits per heavy atom. The van der Waals surface area contributed by atoms with E-state index in [0.29, 0.717) is 12.5 Å². The first kappa shape index (κ1) is 16.0. The molecule has 0 bridgehead atoms. The van der Waals surface area contributed by atoms with E-state index < -0.39 is 5.54 Å². The zero-order valence-corrected chi connectivity index (χ0v) is 13.1. The zero-order valence-electron chi connectivity index (χ0n) is 13.1. The second-order valence-corrected chi connectivity index (χ2v) is 6.02. The van der Waals surface area contributed by atoms with Gasteiger partial charge in [-0.25, -0.2) is 0 Å². The van der Waals surface area contributed by atoms with Crippen molar-refractivity contribution in [2.24, 2.45) is 5.73 Å². The molecule has 1 fully saturated rings. The van der Waals surface area contributed by atoms with Gasteiger partial charge >= 0.3 is 0 Å². The van der Waals surface area contributed by atoms with E-state index in [1.807, 2.05) is 30.3 Å². The number of carbonyl (C=O) groups is 1. The van der Waals surface area contributed by atoms with Crippen LogP contribution in [0.1, 0.15) is 38.2 Å². The summed E-state index contributed by atoms with van der Waals surface area (Å²) in [6, 6.07) is 10.6. The molecule has 2 rings (SSSR count). The summed E-state index contributed by atoms with van der Waals surface area (Å²) in [5, 5.41) is 3.41. The van der Waals surface area contributed by atoms with Gasteiger partial charge in [0, 0.05) is 12.6 Å². The molecule has 1 saturated carbocycles. The van der Waals surface area contributed by atoms with Crippen molar-refractivity contribution >= 4 is 5.91 Å². The minimum absolute atomic E-state index is 0.286. The lowest BCUT2D eigenvalue weighted by Crippen LogP contribution is -2.54. The van der Waals surface area contributed by atoms with E-state index in [4.69, 9.17) is 5.73 Å². The van der Waals surface area contributed by atoms with Gasteiger partial charge in [-0.3, -0.25) is 10.1 Å². The fourth-order valence-electron chi connectivity index (χ4n) is 2.79. The van der Waals surface area contributed by atoms with Crippen LogP contribution < -0.4 is 11.1 Å². The van der Waals surface area contributed by atoms with Gasteiger partial charge in [-0.15, -0.1) is 0 Å². The van der Waals surface area contributed by atoms with Crippen molar-refractivity contribution in [2.45, 2.75) is 44.2 Å². The number of benzene rings is 1. The Kier molecular flexibility index (Phi) is 5.37. The maximum Gasteiger partial charge on any atom is 0.242 e. The number of hydrogen-bond donors (Lipinski definition) is 2. The molecular formula is C17H27N3O. The van der Waals surface area contributed by atoms with Gasteiger partial charge in [0.15, 0.2) is 0 Å². The average Bonchev–Trinajstić information content (AvgIpc) is 3.33. The van der Waals surface area contributed by atoms with Crippen LogP contribution in [0.4, 0.5) is 0 Å². The lowest BCUT2D eigenvalue weighted by Gasteiger charge is -2.34. The van der Waals surface area contributed by atoms with Crippen LogP contribution in [0.15, 0.2) is 30.3 Å². The van der Waals surface area contributed by atoms with Crippen molar-refractivity contribution < 1.29 is 4.79 Å². The minimum atomic E-state index is -0.763. The third-order valence-electron chi connectivity index (χ3n) is 4.37. The summed E-state index contributed by atoms with van der Waals surface area (Å²) in [7, 11) is 2.13. The molecule has 0 aliphatic heterocycles. The predicted molar refractivity (Wildman–Crippen MR) is 85.9 cm³/mol. The first-order chi connectivity index (χ1) is 10.1. The Morgan fingerprint density at radius 1 is 1.38 bits per heavy atom. The van der Waals surface area contributed by atoms with Crippen LogP contribution in [-0.4, -0.2) is 37.0 Å². The number of hydrogen-bond acceptors (Lipinski definition) is 3. The van der Waals surface area contributed by atoms with E-state index in [1.54, 1.807) is 0 Å². The zero-order chi connectivity index (χ0) is 15.3. The second kappa shape index (κ2) is 7.05. The highest BCUT2D eigenvalue weighted by Gasteiger charge is 2.38. The third kappa shape index (κ3) is 3.83. The van der Waals surface area contributed by atoms with Crippen molar-refractivity contribution in [3.63, 3.8) is 0 Å². The van der Waals surface area contributed by atoms with Crippen LogP contribution in [0, 0.1) is 0 Å². The highest BCUT2D eigenvalue weighted by Crippen LogP contribution is 2.29. The minimum Gasteiger partial charge on any atom is -0.368 e. The summed E-state index contributed by atoms with van der Waals surface area (Å²) in [6.45, 7) is 3.75. The van der Waals surface area contributed by atoms with E-state index in [2.05, 4.69) is 24.2 Å². The molecule has 1 aliphatic rings. The molecule has 0 saturated heterocycles. The summed E-state index contributed by atoms with van der Waals surface area (Å²) >= 11 is 0. The Morgan fingerprint density at radius 2 is 2.05 bits per heavy atom. The van der Waals surface area contributed by atoms with Gasteiger partial charge in [-0.2, -0.15) is 0 Å². The van der Waals surface area contributed by atoms with Gasteiger partial charge in [-0.1, -0.05) is 37.3 Å². The number of carbonyl (C=O) groups excluding carboxylic acids is 1. The second-order valence-electron chi connectivity index (χ2n) is 6.02. The molecule has 4 heteroatoms. The lowest BCUT2D eigenvalue weighted by molar-refractivity contribution is -0.125. The molecule has 0 spiro atoms. The van der Waals surface area contributed by atoms with Gasteiger partial charge in [-0.05, 0) is 44.8 Å². The molecule has 0 radical (unpaired) electrons. The van der Waals surface area contributed by atoms with Crippen molar-refractivity contribution in [1.29, 1.82) is 0 Å². The van der Waals surface area contributed by atoms with E-state index in [9.17, 15) is 4.79 Å². The summed E-state index contributed by atoms with van der Waals surface area (Å²) < 4.78 is 0. The molecule has 0 aromatic heterocycles. The third-order valence-corrected chi connectivity index (χ3v) is 4.37. The Bertz CT molecular complexity index is 458. The maximum atomic E-state index is 12.3. The largest absolute Gasteiger partial charge is 0.368 e. The molecule has 21 heavy (non-hydrogen) atoms. The van der Waals surface area contributed by atoms with E-state index in [1.165, 1.54) is 12.8 Å². The monoisotopic (exact) mass is 289 g/mol. The molecule has 1 amide bonds. The van der Waals surface area contributed by atoms with Gasteiger partial charge < -0.3 is 10.6 Å². The topological polar surface area (TPSA) is 58.4 Å². The van der Waals surface area contributed by atoms with E-state index in [-0.39, 0.29) is 5.91 Å². The van der Waals surface area contributed by atoms with Gasteiger partial charge in [0.2, 0.25) is 5.91 Å². The standard InChI is InChI=1S/C17H27N3O/c1-3-12-19-17(16(18)21,14-7-5-4-6-8-14)11-13-20(2)15-9-10-15/h4-8,15,19H,3,9-13H2,1-2H3,(H2,18,21). The molecule has 3 N–H and O–H groups in total. The molecule has 4 nitrogen and oxygen atoms in total. The summed E-state index contributed by atoms with van der Waals surface area (Å²) in [5.41, 5.74) is 6.01. The highest BCUT2D eigenvalue weighted by molar-refractivity contribution is 5.86. The smallest absolute Gasteiger partial charge is 0.242 e. The molecule has 0 heterocycles. The van der Waals surface area contributed by atoms with Gasteiger partial charge in [0.05, 0.1) is 0 Å². The highest BCUT2D eigenvalue weighted by atomic mass is 16.1. The van der Waals surface area contributed by atoms with Gasteiger partial charge in [0.1, 0.15) is 5.54 Å². The molecule has 1 aromatic carbocycles. The van der Waals surface area contributed by atoms with Crippen LogP contribution in [0.5, 0.6) is 0 Å². The summed E-state index contributed by atoms with van der Waals surface area (Å²) in [4.78, 5) is 14.6. The lowest BCUT2D eigenvalue weighted by atomic mass is 9.85. The van der Waals surface area contributed by atoms with Crippen LogP contribution in [0.3, 0.4) is 0 Å². The van der Waals surface area contributed by atoms with Crippen molar-refractivity contribution in [3.05, 3.63) is 35.9 Å². The first-order valence-electron chi connectivity index (χ1n) is 7.91. The average molecular weight is 289 g/mol. The maximum absolute atomic E-state index is 12.3. The number of nitrogens with two attached hydrogens (primary N) is 1. The Balaban J connectivity index is 2.19. The van der Waals surface area contributed by atoms with Crippen LogP contribution >= 0.6 is 0 Å². The van der Waals surface area contributed by atoms with Crippen LogP contribution in [-0.2, 0) is 10.3 Å². The molecule has 1 aromatic rings. The fourth-order valence-corrected chi connectivity index (χ4v) is 2.79. The molecule has 1 aliphatic carbocycles. The van der Waals surface area contributed by atoms with Crippen molar-refractivity contribution in [3.8, 4) is 0 Å². The Hall–Kier alpha value is -1.39. The molecule has 1 atom stereocenters. The first-order valence-corrected chi connectivity index (χ1v) is 7.91. The fraction of sp³-hybridized carbons (Fsp3) is 0.588.